The van der Waals surface area contributed by atoms with Gasteiger partial charge in [-0.15, -0.1) is 0 Å². The molecule has 0 spiro atoms. The second-order valence-electron chi connectivity index (χ2n) is 3.78. The highest BCUT2D eigenvalue weighted by Crippen LogP contribution is 2.20. The zero-order chi connectivity index (χ0) is 11.5. The van der Waals surface area contributed by atoms with Crippen molar-refractivity contribution in [2.24, 2.45) is 0 Å². The topological polar surface area (TPSA) is 54.4 Å². The summed E-state index contributed by atoms with van der Waals surface area (Å²) in [5.41, 5.74) is 1.74. The highest BCUT2D eigenvalue weighted by atomic mass is 32.2. The first kappa shape index (κ1) is 12.2. The van der Waals surface area contributed by atoms with Gasteiger partial charge in [-0.2, -0.15) is 8.42 Å². The van der Waals surface area contributed by atoms with Gasteiger partial charge in [0.2, 0.25) is 0 Å². The standard InChI is InChI=1S/C11H16O3S/c1-3-9(2)11-6-4-5-10(7-11)8-15(12,13)14/h4-7,9H,3,8H2,1-2H3,(H,12,13,14). The van der Waals surface area contributed by atoms with Gasteiger partial charge in [-0.05, 0) is 23.5 Å². The lowest BCUT2D eigenvalue weighted by Crippen LogP contribution is -2.02. The lowest BCUT2D eigenvalue weighted by Gasteiger charge is -2.09. The van der Waals surface area contributed by atoms with Crippen LogP contribution in [0.25, 0.3) is 0 Å². The van der Waals surface area contributed by atoms with Crippen molar-refractivity contribution >= 4 is 10.1 Å². The minimum atomic E-state index is -3.93. The molecule has 0 saturated heterocycles. The van der Waals surface area contributed by atoms with E-state index in [1.54, 1.807) is 6.07 Å². The van der Waals surface area contributed by atoms with E-state index in [2.05, 4.69) is 13.8 Å². The third-order valence-corrected chi connectivity index (χ3v) is 3.18. The van der Waals surface area contributed by atoms with Gasteiger partial charge in [0.15, 0.2) is 0 Å². The fourth-order valence-corrected chi connectivity index (χ4v) is 2.04. The van der Waals surface area contributed by atoms with Crippen LogP contribution < -0.4 is 0 Å². The average Bonchev–Trinajstić information content (AvgIpc) is 2.14. The van der Waals surface area contributed by atoms with Crippen LogP contribution in [0, 0.1) is 0 Å². The van der Waals surface area contributed by atoms with Crippen molar-refractivity contribution in [3.63, 3.8) is 0 Å². The zero-order valence-corrected chi connectivity index (χ0v) is 9.79. The Kier molecular flexibility index (Phi) is 3.88. The van der Waals surface area contributed by atoms with Crippen LogP contribution in [0.15, 0.2) is 24.3 Å². The molecule has 0 fully saturated rings. The molecule has 1 atom stereocenters. The third kappa shape index (κ3) is 4.01. The van der Waals surface area contributed by atoms with Crippen molar-refractivity contribution in [2.45, 2.75) is 31.9 Å². The second kappa shape index (κ2) is 4.77. The maximum atomic E-state index is 10.7. The number of hydrogen-bond acceptors (Lipinski definition) is 2. The van der Waals surface area contributed by atoms with Crippen molar-refractivity contribution in [3.05, 3.63) is 35.4 Å². The summed E-state index contributed by atoms with van der Waals surface area (Å²) in [6, 6.07) is 7.34. The minimum absolute atomic E-state index is 0.308. The first-order chi connectivity index (χ1) is 6.92. The Bertz CT molecular complexity index is 423. The molecule has 0 radical (unpaired) electrons. The summed E-state index contributed by atoms with van der Waals surface area (Å²) in [6.07, 6.45) is 1.01. The molecule has 15 heavy (non-hydrogen) atoms. The molecule has 1 N–H and O–H groups in total. The first-order valence-corrected chi connectivity index (χ1v) is 6.57. The Hall–Kier alpha value is -0.870. The predicted octanol–water partition coefficient (Wildman–Crippen LogP) is 2.59. The van der Waals surface area contributed by atoms with E-state index in [9.17, 15) is 8.42 Å². The number of hydrogen-bond donors (Lipinski definition) is 1. The van der Waals surface area contributed by atoms with E-state index < -0.39 is 10.1 Å². The fourth-order valence-electron chi connectivity index (χ4n) is 1.44. The molecule has 0 amide bonds. The molecular formula is C11H16O3S. The molecule has 1 aromatic carbocycles. The fraction of sp³-hybridized carbons (Fsp3) is 0.455. The van der Waals surface area contributed by atoms with E-state index in [0.717, 1.165) is 12.0 Å². The van der Waals surface area contributed by atoms with Crippen molar-refractivity contribution < 1.29 is 13.0 Å². The van der Waals surface area contributed by atoms with E-state index in [0.29, 0.717) is 11.5 Å². The molecule has 0 aliphatic rings. The SMILES string of the molecule is CCC(C)c1cccc(CS(=O)(=O)O)c1. The smallest absolute Gasteiger partial charge is 0.269 e. The Balaban J connectivity index is 2.93. The Labute approximate surface area is 90.9 Å². The Morgan fingerprint density at radius 2 is 2.07 bits per heavy atom. The van der Waals surface area contributed by atoms with Gasteiger partial charge in [-0.1, -0.05) is 38.1 Å². The molecule has 0 aliphatic carbocycles. The van der Waals surface area contributed by atoms with Crippen LogP contribution in [0.3, 0.4) is 0 Å². The van der Waals surface area contributed by atoms with E-state index in [4.69, 9.17) is 4.55 Å². The molecule has 1 unspecified atom stereocenters. The quantitative estimate of drug-likeness (QED) is 0.806. The van der Waals surface area contributed by atoms with Crippen LogP contribution in [0.5, 0.6) is 0 Å². The van der Waals surface area contributed by atoms with Gasteiger partial charge in [-0.25, -0.2) is 0 Å². The van der Waals surface area contributed by atoms with Crippen molar-refractivity contribution in [1.82, 2.24) is 0 Å². The Morgan fingerprint density at radius 1 is 1.40 bits per heavy atom. The summed E-state index contributed by atoms with van der Waals surface area (Å²) in [5.74, 6) is 0.100. The van der Waals surface area contributed by atoms with Crippen molar-refractivity contribution in [3.8, 4) is 0 Å². The monoisotopic (exact) mass is 228 g/mol. The normalized spacial score (nSPS) is 13.8. The van der Waals surface area contributed by atoms with Gasteiger partial charge < -0.3 is 0 Å². The highest BCUT2D eigenvalue weighted by molar-refractivity contribution is 7.85. The van der Waals surface area contributed by atoms with Gasteiger partial charge in [0.25, 0.3) is 10.1 Å². The van der Waals surface area contributed by atoms with Gasteiger partial charge in [0.1, 0.15) is 5.75 Å². The van der Waals surface area contributed by atoms with E-state index >= 15 is 0 Å². The van der Waals surface area contributed by atoms with E-state index in [-0.39, 0.29) is 5.75 Å². The number of rotatable bonds is 4. The molecule has 0 saturated carbocycles. The van der Waals surface area contributed by atoms with Crippen molar-refractivity contribution in [1.29, 1.82) is 0 Å². The van der Waals surface area contributed by atoms with Gasteiger partial charge in [0, 0.05) is 0 Å². The summed E-state index contributed by atoms with van der Waals surface area (Å²) in [7, 11) is -3.93. The highest BCUT2D eigenvalue weighted by Gasteiger charge is 2.08. The first-order valence-electron chi connectivity index (χ1n) is 4.96. The van der Waals surface area contributed by atoms with E-state index in [1.165, 1.54) is 0 Å². The minimum Gasteiger partial charge on any atom is -0.285 e. The molecular weight excluding hydrogens is 212 g/mol. The molecule has 0 aliphatic heterocycles. The summed E-state index contributed by atoms with van der Waals surface area (Å²) in [5, 5.41) is 0. The molecule has 0 heterocycles. The maximum Gasteiger partial charge on any atom is 0.269 e. The lowest BCUT2D eigenvalue weighted by molar-refractivity contribution is 0.482. The molecule has 84 valence electrons. The van der Waals surface area contributed by atoms with E-state index in [1.807, 2.05) is 18.2 Å². The third-order valence-electron chi connectivity index (χ3n) is 2.48. The largest absolute Gasteiger partial charge is 0.285 e. The molecule has 1 rings (SSSR count). The zero-order valence-electron chi connectivity index (χ0n) is 8.97. The van der Waals surface area contributed by atoms with Crippen LogP contribution in [0.1, 0.15) is 37.3 Å². The van der Waals surface area contributed by atoms with Gasteiger partial charge in [0.05, 0.1) is 0 Å². The van der Waals surface area contributed by atoms with Crippen LogP contribution in [-0.4, -0.2) is 13.0 Å². The lowest BCUT2D eigenvalue weighted by atomic mass is 9.97. The number of benzene rings is 1. The second-order valence-corrected chi connectivity index (χ2v) is 5.23. The average molecular weight is 228 g/mol. The summed E-state index contributed by atoms with van der Waals surface area (Å²) < 4.78 is 30.1. The molecule has 0 bridgehead atoms. The van der Waals surface area contributed by atoms with Crippen LogP contribution in [0.2, 0.25) is 0 Å². The Morgan fingerprint density at radius 3 is 2.60 bits per heavy atom. The molecule has 3 nitrogen and oxygen atoms in total. The molecule has 4 heteroatoms. The van der Waals surface area contributed by atoms with Gasteiger partial charge in [-0.3, -0.25) is 4.55 Å². The molecule has 1 aromatic rings. The molecule has 0 aromatic heterocycles. The summed E-state index contributed by atoms with van der Waals surface area (Å²) in [4.78, 5) is 0. The van der Waals surface area contributed by atoms with Gasteiger partial charge >= 0.3 is 0 Å². The van der Waals surface area contributed by atoms with Crippen molar-refractivity contribution in [2.75, 3.05) is 0 Å². The van der Waals surface area contributed by atoms with Crippen LogP contribution >= 0.6 is 0 Å². The summed E-state index contributed by atoms with van der Waals surface area (Å²) in [6.45, 7) is 4.17. The predicted molar refractivity (Wildman–Crippen MR) is 60.4 cm³/mol. The maximum absolute atomic E-state index is 10.7. The summed E-state index contributed by atoms with van der Waals surface area (Å²) >= 11 is 0. The van der Waals surface area contributed by atoms with Crippen LogP contribution in [0.4, 0.5) is 0 Å². The van der Waals surface area contributed by atoms with Crippen LogP contribution in [-0.2, 0) is 15.9 Å².